The summed E-state index contributed by atoms with van der Waals surface area (Å²) in [6.45, 7) is 37.7. The molecule has 16 nitrogen and oxygen atoms in total. The highest BCUT2D eigenvalue weighted by atomic mass is 16.6. The molecule has 85 heavy (non-hydrogen) atoms. The number of hydrogen-bond donors (Lipinski definition) is 0. The molecule has 0 aliphatic carbocycles. The second-order valence-corrected chi connectivity index (χ2v) is 30.1. The summed E-state index contributed by atoms with van der Waals surface area (Å²) in [7, 11) is 0. The van der Waals surface area contributed by atoms with E-state index in [1.165, 1.54) is 0 Å². The van der Waals surface area contributed by atoms with Crippen molar-refractivity contribution in [3.8, 4) is 0 Å². The Morgan fingerprint density at radius 2 is 0.600 bits per heavy atom. The van der Waals surface area contributed by atoms with E-state index in [1.807, 2.05) is 143 Å². The number of rotatable bonds is 18. The molecule has 0 radical (unpaired) electrons. The van der Waals surface area contributed by atoms with Gasteiger partial charge in [0.2, 0.25) is 0 Å². The maximum Gasteiger partial charge on any atom is 0.410 e. The van der Waals surface area contributed by atoms with E-state index in [1.54, 1.807) is 14.7 Å². The predicted octanol–water partition coefficient (Wildman–Crippen LogP) is 13.2. The number of carbonyl (C=O) groups excluding carboxylic acids is 6. The fraction of sp³-hybridized carbons (Fsp3) is 0.652. The third-order valence-electron chi connectivity index (χ3n) is 15.0. The number of nitrogens with zero attached hydrogens (tertiary/aromatic N) is 4. The minimum Gasteiger partial charge on any atom is -0.460 e. The molecule has 3 amide bonds. The lowest BCUT2D eigenvalue weighted by Crippen LogP contribution is -2.38. The molecule has 0 spiro atoms. The van der Waals surface area contributed by atoms with Crippen molar-refractivity contribution < 1.29 is 57.2 Å². The fourth-order valence-corrected chi connectivity index (χ4v) is 11.6. The molecule has 3 aliphatic heterocycles. The Hall–Kier alpha value is -6.16. The van der Waals surface area contributed by atoms with Gasteiger partial charge in [-0.3, -0.25) is 19.3 Å². The van der Waals surface area contributed by atoms with Gasteiger partial charge in [-0.1, -0.05) is 72.8 Å². The van der Waals surface area contributed by atoms with Gasteiger partial charge in [0.1, 0.15) is 33.6 Å². The van der Waals surface area contributed by atoms with Crippen LogP contribution in [0.1, 0.15) is 177 Å². The third-order valence-corrected chi connectivity index (χ3v) is 15.0. The molecule has 3 heterocycles. The molecule has 3 fully saturated rings. The highest BCUT2D eigenvalue weighted by Crippen LogP contribution is 2.35. The number of ether oxygens (including phenoxy) is 6. The van der Waals surface area contributed by atoms with E-state index in [0.717, 1.165) is 33.4 Å². The molecule has 470 valence electrons. The average molecular weight is 1180 g/mol. The minimum atomic E-state index is -0.706. The molecule has 0 saturated carbocycles. The van der Waals surface area contributed by atoms with Crippen molar-refractivity contribution in [3.05, 3.63) is 106 Å². The van der Waals surface area contributed by atoms with Crippen LogP contribution in [0.3, 0.4) is 0 Å². The van der Waals surface area contributed by atoms with Gasteiger partial charge >= 0.3 is 36.2 Å². The number of esters is 3. The summed E-state index contributed by atoms with van der Waals surface area (Å²) in [6, 6.07) is 25.1. The van der Waals surface area contributed by atoms with Crippen LogP contribution in [0.15, 0.2) is 72.8 Å². The third kappa shape index (κ3) is 22.6. The van der Waals surface area contributed by atoms with Gasteiger partial charge in [-0.05, 0) is 214 Å². The van der Waals surface area contributed by atoms with E-state index in [9.17, 15) is 28.8 Å². The topological polar surface area (TPSA) is 171 Å². The molecule has 0 aromatic heterocycles. The van der Waals surface area contributed by atoms with Crippen LogP contribution in [0.4, 0.5) is 14.4 Å². The molecule has 3 aromatic rings. The number of hydrogen-bond acceptors (Lipinski definition) is 13. The predicted molar refractivity (Wildman–Crippen MR) is 329 cm³/mol. The summed E-state index contributed by atoms with van der Waals surface area (Å²) >= 11 is 0. The molecule has 16 heteroatoms. The fourth-order valence-electron chi connectivity index (χ4n) is 11.6. The minimum absolute atomic E-state index is 0.137. The molecule has 3 saturated heterocycles. The summed E-state index contributed by atoms with van der Waals surface area (Å²) < 4.78 is 35.4. The first-order valence-corrected chi connectivity index (χ1v) is 30.8. The van der Waals surface area contributed by atoms with Crippen LogP contribution in [0.25, 0.3) is 0 Å². The quantitative estimate of drug-likeness (QED) is 0.0871. The summed E-state index contributed by atoms with van der Waals surface area (Å²) in [5.41, 5.74) is 1.97. The first-order valence-electron chi connectivity index (χ1n) is 30.8. The second-order valence-electron chi connectivity index (χ2n) is 30.1. The van der Waals surface area contributed by atoms with Gasteiger partial charge in [0.05, 0.1) is 17.8 Å². The Bertz CT molecular complexity index is 2490. The number of benzene rings is 3. The highest BCUT2D eigenvalue weighted by Gasteiger charge is 2.42. The van der Waals surface area contributed by atoms with Crippen LogP contribution in [-0.4, -0.2) is 129 Å². The standard InChI is InChI=1S/C69H102N4O12/c1-64(2,3)80-58(74)55(52-28-31-71(43-52)61(77)83-67(10,11)12)37-46-22-19-25-49(34-46)40-70(41-50-26-20-23-47(35-50)38-56(59(75)81-65(4,5)6)53-29-32-72(44-53)62(78)84-68(13,14)15)42-51-27-21-24-48(36-51)39-57(60(76)82-66(7,8)9)54-30-33-73(45-54)63(79)85-69(16,17)18/h19-27,34-36,52-57H,28-33,37-45H2,1-18H3/t52-,53-,54-,55?,56?,57?/m0/s1. The van der Waals surface area contributed by atoms with E-state index in [2.05, 4.69) is 59.5 Å². The van der Waals surface area contributed by atoms with Crippen LogP contribution in [0.5, 0.6) is 0 Å². The molecule has 6 atom stereocenters. The van der Waals surface area contributed by atoms with Crippen molar-refractivity contribution in [2.45, 2.75) is 216 Å². The van der Waals surface area contributed by atoms with E-state index in [4.69, 9.17) is 28.4 Å². The van der Waals surface area contributed by atoms with E-state index in [0.29, 0.717) is 97.4 Å². The molecule has 6 rings (SSSR count). The number of carbonyl (C=O) groups is 6. The maximum absolute atomic E-state index is 14.2. The van der Waals surface area contributed by atoms with Crippen molar-refractivity contribution >= 4 is 36.2 Å². The lowest BCUT2D eigenvalue weighted by atomic mass is 9.85. The summed E-state index contributed by atoms with van der Waals surface area (Å²) in [6.07, 6.45) is 2.03. The average Bonchev–Trinajstić information content (AvgIpc) is 4.37. The maximum atomic E-state index is 14.2. The summed E-state index contributed by atoms with van der Waals surface area (Å²) in [5.74, 6) is -2.81. The zero-order valence-electron chi connectivity index (χ0n) is 54.7. The lowest BCUT2D eigenvalue weighted by Gasteiger charge is -2.29. The van der Waals surface area contributed by atoms with Gasteiger partial charge in [-0.15, -0.1) is 0 Å². The number of likely N-dealkylation sites (tertiary alicyclic amines) is 3. The second kappa shape index (κ2) is 27.7. The van der Waals surface area contributed by atoms with Crippen LogP contribution >= 0.6 is 0 Å². The van der Waals surface area contributed by atoms with Crippen molar-refractivity contribution in [1.82, 2.24) is 19.6 Å². The van der Waals surface area contributed by atoms with E-state index >= 15 is 0 Å². The summed E-state index contributed by atoms with van der Waals surface area (Å²) in [5, 5.41) is 0. The monoisotopic (exact) mass is 1180 g/mol. The molecular weight excluding hydrogens is 1080 g/mol. The SMILES string of the molecule is CC(C)(C)OC(=O)C(Cc1cccc(CN(Cc2cccc(CC(C(=O)OC(C)(C)C)[C@H]3CCN(C(=O)OC(C)(C)C)C3)c2)Cc2cccc(CC(C(=O)OC(C)(C)C)[C@H]3CCN(C(=O)OC(C)(C)C)C3)c2)c1)[C@H]1CCN(C(=O)OC(C)(C)C)C1. The first kappa shape index (κ1) is 68.0. The Morgan fingerprint density at radius 1 is 0.376 bits per heavy atom. The van der Waals surface area contributed by atoms with Crippen molar-refractivity contribution in [2.75, 3.05) is 39.3 Å². The zero-order chi connectivity index (χ0) is 63.0. The van der Waals surface area contributed by atoms with Crippen molar-refractivity contribution in [2.24, 2.45) is 35.5 Å². The Morgan fingerprint density at radius 3 is 0.824 bits per heavy atom. The van der Waals surface area contributed by atoms with Crippen molar-refractivity contribution in [1.29, 1.82) is 0 Å². The molecule has 3 aromatic carbocycles. The van der Waals surface area contributed by atoms with Gasteiger partial charge in [-0.25, -0.2) is 14.4 Å². The molecule has 0 bridgehead atoms. The van der Waals surface area contributed by atoms with Crippen LogP contribution < -0.4 is 0 Å². The molecule has 0 N–H and O–H groups in total. The molecule has 3 aliphatic rings. The van der Waals surface area contributed by atoms with Crippen LogP contribution in [-0.2, 0) is 81.7 Å². The number of amides is 3. The highest BCUT2D eigenvalue weighted by molar-refractivity contribution is 5.76. The van der Waals surface area contributed by atoms with Gasteiger partial charge in [0, 0.05) is 58.9 Å². The summed E-state index contributed by atoms with van der Waals surface area (Å²) in [4.78, 5) is 89.7. The van der Waals surface area contributed by atoms with E-state index in [-0.39, 0.29) is 53.9 Å². The van der Waals surface area contributed by atoms with Crippen molar-refractivity contribution in [3.63, 3.8) is 0 Å². The van der Waals surface area contributed by atoms with E-state index < -0.39 is 51.4 Å². The van der Waals surface area contributed by atoms with Crippen LogP contribution in [0, 0.1) is 35.5 Å². The lowest BCUT2D eigenvalue weighted by molar-refractivity contribution is -0.163. The largest absolute Gasteiger partial charge is 0.460 e. The normalized spacial score (nSPS) is 19.1. The van der Waals surface area contributed by atoms with Gasteiger partial charge in [0.25, 0.3) is 0 Å². The van der Waals surface area contributed by atoms with Gasteiger partial charge < -0.3 is 43.1 Å². The molecular formula is C69H102N4O12. The van der Waals surface area contributed by atoms with Crippen LogP contribution in [0.2, 0.25) is 0 Å². The zero-order valence-corrected chi connectivity index (χ0v) is 54.7. The Kier molecular flexibility index (Phi) is 22.1. The van der Waals surface area contributed by atoms with Gasteiger partial charge in [-0.2, -0.15) is 0 Å². The Balaban J connectivity index is 1.31. The van der Waals surface area contributed by atoms with Gasteiger partial charge in [0.15, 0.2) is 0 Å². The molecule has 3 unspecified atom stereocenters. The Labute approximate surface area is 508 Å². The smallest absolute Gasteiger partial charge is 0.410 e. The first-order chi connectivity index (χ1) is 39.2.